The Morgan fingerprint density at radius 1 is 1.20 bits per heavy atom. The topological polar surface area (TPSA) is 120 Å². The molecule has 0 aliphatic rings. The molecule has 84 valence electrons. The first-order valence-corrected chi connectivity index (χ1v) is 4.54. The van der Waals surface area contributed by atoms with E-state index in [1.807, 2.05) is 6.07 Å². The smallest absolute Gasteiger partial charge is 0.312 e. The maximum absolute atomic E-state index is 11.0. The Morgan fingerprint density at radius 3 is 2.53 bits per heavy atom. The third-order valence-electron chi connectivity index (χ3n) is 1.45. The van der Waals surface area contributed by atoms with E-state index in [0.29, 0.717) is 26.1 Å². The minimum Gasteiger partial charge on any atom is -0.354 e. The van der Waals surface area contributed by atoms with Crippen LogP contribution >= 0.6 is 0 Å². The zero-order valence-corrected chi connectivity index (χ0v) is 8.38. The van der Waals surface area contributed by atoms with Crippen LogP contribution in [-0.2, 0) is 4.79 Å². The molecule has 0 aromatic carbocycles. The minimum absolute atomic E-state index is 0.159. The van der Waals surface area contributed by atoms with E-state index in [-0.39, 0.29) is 12.5 Å². The number of urea groups is 1. The molecule has 0 unspecified atom stereocenters. The molecule has 0 saturated heterocycles. The Morgan fingerprint density at radius 2 is 1.93 bits per heavy atom. The first kappa shape index (κ1) is 13.2. The van der Waals surface area contributed by atoms with Gasteiger partial charge in [0.15, 0.2) is 0 Å². The quantitative estimate of drug-likeness (QED) is 0.376. The Balaban J connectivity index is 3.24. The van der Waals surface area contributed by atoms with Crippen molar-refractivity contribution in [1.82, 2.24) is 16.0 Å². The van der Waals surface area contributed by atoms with Crippen molar-refractivity contribution in [1.29, 1.82) is 5.26 Å². The summed E-state index contributed by atoms with van der Waals surface area (Å²) >= 11 is 0. The Labute approximate surface area is 88.0 Å². The number of nitrogens with two attached hydrogens (primary N) is 1. The average molecular weight is 213 g/mol. The molecule has 0 atom stereocenters. The van der Waals surface area contributed by atoms with Gasteiger partial charge in [0, 0.05) is 19.6 Å². The summed E-state index contributed by atoms with van der Waals surface area (Å²) in [6, 6.07) is 1.33. The van der Waals surface area contributed by atoms with Gasteiger partial charge in [-0.15, -0.1) is 0 Å². The van der Waals surface area contributed by atoms with E-state index < -0.39 is 6.03 Å². The molecule has 0 fully saturated rings. The molecule has 0 radical (unpaired) electrons. The normalized spacial score (nSPS) is 9.00. The molecule has 0 rings (SSSR count). The summed E-state index contributed by atoms with van der Waals surface area (Å²) in [5.74, 6) is -0.177. The number of amides is 3. The van der Waals surface area contributed by atoms with Gasteiger partial charge < -0.3 is 21.7 Å². The molecule has 0 spiro atoms. The lowest BCUT2D eigenvalue weighted by atomic mass is 10.4. The molecule has 7 heteroatoms. The molecular weight excluding hydrogens is 198 g/mol. The van der Waals surface area contributed by atoms with Gasteiger partial charge >= 0.3 is 6.03 Å². The van der Waals surface area contributed by atoms with Crippen molar-refractivity contribution in [2.75, 3.05) is 26.2 Å². The van der Waals surface area contributed by atoms with Crippen LogP contribution in [0.3, 0.4) is 0 Å². The molecule has 0 aliphatic heterocycles. The van der Waals surface area contributed by atoms with Gasteiger partial charge in [0.05, 0.1) is 19.0 Å². The zero-order valence-electron chi connectivity index (χ0n) is 8.38. The molecule has 3 amide bonds. The molecule has 15 heavy (non-hydrogen) atoms. The third kappa shape index (κ3) is 10.1. The van der Waals surface area contributed by atoms with E-state index in [1.54, 1.807) is 0 Å². The van der Waals surface area contributed by atoms with Crippen LogP contribution in [0.2, 0.25) is 0 Å². The van der Waals surface area contributed by atoms with Gasteiger partial charge in [0.1, 0.15) is 0 Å². The summed E-state index contributed by atoms with van der Waals surface area (Å²) in [5.41, 5.74) is 4.83. The van der Waals surface area contributed by atoms with Crippen LogP contribution in [0.15, 0.2) is 0 Å². The highest BCUT2D eigenvalue weighted by Gasteiger charge is 1.98. The van der Waals surface area contributed by atoms with Gasteiger partial charge in [0.2, 0.25) is 5.91 Å². The van der Waals surface area contributed by atoms with Crippen molar-refractivity contribution in [3.05, 3.63) is 0 Å². The fourth-order valence-corrected chi connectivity index (χ4v) is 0.796. The second kappa shape index (κ2) is 8.77. The predicted octanol–water partition coefficient (Wildman–Crippen LogP) is -1.73. The standard InChI is InChI=1S/C8H15N5O2/c9-2-1-3-12-7(14)6-11-4-5-13-8(10)15/h11H,1,3-6H2,(H,12,14)(H3,10,13,15). The Bertz CT molecular complexity index is 248. The second-order valence-electron chi connectivity index (χ2n) is 2.73. The van der Waals surface area contributed by atoms with Gasteiger partial charge in [-0.05, 0) is 0 Å². The summed E-state index contributed by atoms with van der Waals surface area (Å²) in [6.07, 6.45) is 0.301. The van der Waals surface area contributed by atoms with Gasteiger partial charge in [-0.25, -0.2) is 4.79 Å². The molecule has 0 saturated carbocycles. The second-order valence-corrected chi connectivity index (χ2v) is 2.73. The first-order valence-electron chi connectivity index (χ1n) is 4.54. The summed E-state index contributed by atoms with van der Waals surface area (Å²) < 4.78 is 0. The average Bonchev–Trinajstić information content (AvgIpc) is 2.17. The minimum atomic E-state index is -0.588. The number of nitriles is 1. The highest BCUT2D eigenvalue weighted by atomic mass is 16.2. The van der Waals surface area contributed by atoms with E-state index in [9.17, 15) is 9.59 Å². The van der Waals surface area contributed by atoms with Crippen LogP contribution < -0.4 is 21.7 Å². The van der Waals surface area contributed by atoms with Crippen LogP contribution in [0.4, 0.5) is 4.79 Å². The highest BCUT2D eigenvalue weighted by molar-refractivity contribution is 5.77. The van der Waals surface area contributed by atoms with Crippen molar-refractivity contribution in [2.24, 2.45) is 5.73 Å². The van der Waals surface area contributed by atoms with E-state index >= 15 is 0 Å². The van der Waals surface area contributed by atoms with Gasteiger partial charge in [-0.1, -0.05) is 0 Å². The van der Waals surface area contributed by atoms with Crippen molar-refractivity contribution < 1.29 is 9.59 Å². The number of nitrogens with zero attached hydrogens (tertiary/aromatic N) is 1. The fraction of sp³-hybridized carbons (Fsp3) is 0.625. The lowest BCUT2D eigenvalue weighted by molar-refractivity contribution is -0.120. The van der Waals surface area contributed by atoms with Crippen molar-refractivity contribution in [2.45, 2.75) is 6.42 Å². The molecule has 0 aliphatic carbocycles. The summed E-state index contributed by atoms with van der Waals surface area (Å²) in [5, 5.41) is 15.9. The van der Waals surface area contributed by atoms with Crippen LogP contribution in [-0.4, -0.2) is 38.1 Å². The maximum atomic E-state index is 11.0. The maximum Gasteiger partial charge on any atom is 0.312 e. The predicted molar refractivity (Wildman–Crippen MR) is 53.7 cm³/mol. The third-order valence-corrected chi connectivity index (χ3v) is 1.45. The molecule has 0 bridgehead atoms. The van der Waals surface area contributed by atoms with Gasteiger partial charge in [-0.2, -0.15) is 5.26 Å². The number of hydrogen-bond donors (Lipinski definition) is 4. The number of carbonyl (C=O) groups is 2. The lowest BCUT2D eigenvalue weighted by Crippen LogP contribution is -2.39. The van der Waals surface area contributed by atoms with Crippen molar-refractivity contribution >= 4 is 11.9 Å². The number of hydrogen-bond acceptors (Lipinski definition) is 4. The Kier molecular flexibility index (Phi) is 7.71. The van der Waals surface area contributed by atoms with Crippen LogP contribution in [0.25, 0.3) is 0 Å². The van der Waals surface area contributed by atoms with E-state index in [1.165, 1.54) is 0 Å². The SMILES string of the molecule is N#CCCNC(=O)CNCCNC(N)=O. The van der Waals surface area contributed by atoms with E-state index in [4.69, 9.17) is 11.0 Å². The van der Waals surface area contributed by atoms with Gasteiger partial charge in [0.25, 0.3) is 0 Å². The number of primary amides is 1. The molecule has 0 aromatic heterocycles. The van der Waals surface area contributed by atoms with Gasteiger partial charge in [-0.3, -0.25) is 4.79 Å². The Hall–Kier alpha value is -1.81. The lowest BCUT2D eigenvalue weighted by Gasteiger charge is -2.05. The van der Waals surface area contributed by atoms with Crippen LogP contribution in [0.5, 0.6) is 0 Å². The summed E-state index contributed by atoms with van der Waals surface area (Å²) in [7, 11) is 0. The zero-order chi connectivity index (χ0) is 11.5. The van der Waals surface area contributed by atoms with Crippen LogP contribution in [0.1, 0.15) is 6.42 Å². The number of carbonyl (C=O) groups excluding carboxylic acids is 2. The van der Waals surface area contributed by atoms with E-state index in [2.05, 4.69) is 16.0 Å². The van der Waals surface area contributed by atoms with Crippen molar-refractivity contribution in [3.63, 3.8) is 0 Å². The molecule has 0 aromatic rings. The fourth-order valence-electron chi connectivity index (χ4n) is 0.796. The highest BCUT2D eigenvalue weighted by Crippen LogP contribution is 1.71. The van der Waals surface area contributed by atoms with Crippen LogP contribution in [0, 0.1) is 11.3 Å². The number of rotatable bonds is 7. The first-order chi connectivity index (χ1) is 7.16. The summed E-state index contributed by atoms with van der Waals surface area (Å²) in [4.78, 5) is 21.3. The summed E-state index contributed by atoms with van der Waals surface area (Å²) in [6.45, 7) is 1.36. The van der Waals surface area contributed by atoms with Crippen molar-refractivity contribution in [3.8, 4) is 6.07 Å². The molecule has 5 N–H and O–H groups in total. The largest absolute Gasteiger partial charge is 0.354 e. The molecule has 0 heterocycles. The monoisotopic (exact) mass is 213 g/mol. The molecular formula is C8H15N5O2. The van der Waals surface area contributed by atoms with E-state index in [0.717, 1.165) is 0 Å². The number of nitrogens with one attached hydrogen (secondary N) is 3. The molecule has 7 nitrogen and oxygen atoms in total.